The van der Waals surface area contributed by atoms with E-state index < -0.39 is 0 Å². The first-order chi connectivity index (χ1) is 13.3. The van der Waals surface area contributed by atoms with Crippen molar-refractivity contribution in [3.05, 3.63) is 59.6 Å². The largest absolute Gasteiger partial charge is 0.497 e. The van der Waals surface area contributed by atoms with E-state index in [1.54, 1.807) is 25.6 Å². The smallest absolute Gasteiger partial charge is 0.195 e. The molecule has 2 aromatic heterocycles. The molecule has 2 heterocycles. The van der Waals surface area contributed by atoms with Crippen LogP contribution in [0.1, 0.15) is 5.69 Å². The van der Waals surface area contributed by atoms with Gasteiger partial charge >= 0.3 is 0 Å². The van der Waals surface area contributed by atoms with Gasteiger partial charge in [0.1, 0.15) is 11.5 Å². The first-order valence-corrected chi connectivity index (χ1v) is 9.28. The summed E-state index contributed by atoms with van der Waals surface area (Å²) in [7, 11) is 3.29. The molecule has 27 heavy (non-hydrogen) atoms. The van der Waals surface area contributed by atoms with E-state index in [0.29, 0.717) is 0 Å². The minimum absolute atomic E-state index is 0.258. The average Bonchev–Trinajstić information content (AvgIpc) is 3.28. The Kier molecular flexibility index (Phi) is 4.53. The predicted octanol–water partition coefficient (Wildman–Crippen LogP) is 4.81. The first-order valence-electron chi connectivity index (χ1n) is 8.40. The lowest BCUT2D eigenvalue weighted by molar-refractivity contribution is 0.415. The lowest BCUT2D eigenvalue weighted by Crippen LogP contribution is -1.96. The summed E-state index contributed by atoms with van der Waals surface area (Å²) in [6.45, 7) is 0. The summed E-state index contributed by atoms with van der Waals surface area (Å²) in [5.41, 5.74) is 4.60. The third-order valence-corrected chi connectivity index (χ3v) is 5.28. The molecule has 5 nitrogen and oxygen atoms in total. The molecule has 0 N–H and O–H groups in total. The van der Waals surface area contributed by atoms with Crippen molar-refractivity contribution in [1.29, 1.82) is 5.26 Å². The Morgan fingerprint density at radius 2 is 1.85 bits per heavy atom. The van der Waals surface area contributed by atoms with Crippen LogP contribution in [-0.2, 0) is 6.42 Å². The van der Waals surface area contributed by atoms with E-state index >= 15 is 0 Å². The Labute approximate surface area is 161 Å². The van der Waals surface area contributed by atoms with Gasteiger partial charge in [-0.3, -0.25) is 4.40 Å². The van der Waals surface area contributed by atoms with E-state index in [1.165, 1.54) is 0 Å². The summed E-state index contributed by atoms with van der Waals surface area (Å²) >= 11 is 1.56. The minimum Gasteiger partial charge on any atom is -0.497 e. The van der Waals surface area contributed by atoms with Gasteiger partial charge in [0.25, 0.3) is 0 Å². The van der Waals surface area contributed by atoms with E-state index in [-0.39, 0.29) is 6.42 Å². The molecule has 134 valence electrons. The van der Waals surface area contributed by atoms with Gasteiger partial charge in [0.15, 0.2) is 4.96 Å². The molecular formula is C21H17N3O2S. The molecule has 4 rings (SSSR count). The van der Waals surface area contributed by atoms with Crippen molar-refractivity contribution in [1.82, 2.24) is 9.38 Å². The monoisotopic (exact) mass is 375 g/mol. The van der Waals surface area contributed by atoms with E-state index in [1.807, 2.05) is 48.5 Å². The van der Waals surface area contributed by atoms with Gasteiger partial charge in [-0.05, 0) is 42.0 Å². The second-order valence-electron chi connectivity index (χ2n) is 5.91. The fraction of sp³-hybridized carbons (Fsp3) is 0.143. The SMILES string of the molecule is COc1ccc(-c2csc3nc(-c4ccccc4OC)c(CC#N)n23)cc1. The van der Waals surface area contributed by atoms with Crippen LogP contribution in [0.5, 0.6) is 11.5 Å². The maximum Gasteiger partial charge on any atom is 0.195 e. The molecule has 0 aliphatic carbocycles. The van der Waals surface area contributed by atoms with Crippen molar-refractivity contribution >= 4 is 16.3 Å². The van der Waals surface area contributed by atoms with Crippen molar-refractivity contribution < 1.29 is 9.47 Å². The number of ether oxygens (including phenoxy) is 2. The third-order valence-electron chi connectivity index (χ3n) is 4.45. The van der Waals surface area contributed by atoms with Gasteiger partial charge < -0.3 is 9.47 Å². The van der Waals surface area contributed by atoms with Crippen molar-refractivity contribution in [2.75, 3.05) is 14.2 Å². The summed E-state index contributed by atoms with van der Waals surface area (Å²) in [6, 6.07) is 17.9. The normalized spacial score (nSPS) is 10.7. The van der Waals surface area contributed by atoms with Crippen LogP contribution in [-0.4, -0.2) is 23.6 Å². The molecular weight excluding hydrogens is 358 g/mol. The van der Waals surface area contributed by atoms with Crippen molar-refractivity contribution in [2.45, 2.75) is 6.42 Å². The quantitative estimate of drug-likeness (QED) is 0.502. The molecule has 0 atom stereocenters. The Bertz CT molecular complexity index is 1140. The van der Waals surface area contributed by atoms with E-state index in [4.69, 9.17) is 14.5 Å². The Balaban J connectivity index is 1.94. The average molecular weight is 375 g/mol. The highest BCUT2D eigenvalue weighted by molar-refractivity contribution is 7.15. The van der Waals surface area contributed by atoms with E-state index in [0.717, 1.165) is 44.7 Å². The summed E-state index contributed by atoms with van der Waals surface area (Å²) in [6.07, 6.45) is 0.258. The van der Waals surface area contributed by atoms with Crippen LogP contribution < -0.4 is 9.47 Å². The number of benzene rings is 2. The van der Waals surface area contributed by atoms with Crippen LogP contribution >= 0.6 is 11.3 Å². The maximum absolute atomic E-state index is 9.43. The molecule has 2 aromatic carbocycles. The van der Waals surface area contributed by atoms with E-state index in [9.17, 15) is 5.26 Å². The van der Waals surface area contributed by atoms with Crippen LogP contribution in [0.25, 0.3) is 27.5 Å². The fourth-order valence-electron chi connectivity index (χ4n) is 3.17. The van der Waals surface area contributed by atoms with Crippen molar-refractivity contribution in [2.24, 2.45) is 0 Å². The highest BCUT2D eigenvalue weighted by atomic mass is 32.1. The molecule has 6 heteroatoms. The summed E-state index contributed by atoms with van der Waals surface area (Å²) in [4.78, 5) is 5.67. The summed E-state index contributed by atoms with van der Waals surface area (Å²) in [5.74, 6) is 1.55. The van der Waals surface area contributed by atoms with Gasteiger partial charge in [0, 0.05) is 10.9 Å². The van der Waals surface area contributed by atoms with Gasteiger partial charge in [-0.1, -0.05) is 12.1 Å². The van der Waals surface area contributed by atoms with E-state index in [2.05, 4.69) is 15.8 Å². The Morgan fingerprint density at radius 1 is 1.07 bits per heavy atom. The maximum atomic E-state index is 9.43. The third kappa shape index (κ3) is 2.92. The number of fused-ring (bicyclic) bond motifs is 1. The van der Waals surface area contributed by atoms with Crippen LogP contribution in [0.2, 0.25) is 0 Å². The van der Waals surface area contributed by atoms with Gasteiger partial charge in [0.2, 0.25) is 0 Å². The van der Waals surface area contributed by atoms with Gasteiger partial charge in [-0.15, -0.1) is 11.3 Å². The summed E-state index contributed by atoms with van der Waals surface area (Å²) < 4.78 is 12.8. The number of para-hydroxylation sites is 1. The standard InChI is InChI=1S/C21H17N3O2S/c1-25-15-9-7-14(8-10-15)18-13-27-21-23-20(17(11-12-22)24(18)21)16-5-3-4-6-19(16)26-2/h3-10,13H,11H2,1-2H3. The zero-order valence-electron chi connectivity index (χ0n) is 15.0. The molecule has 0 unspecified atom stereocenters. The number of nitrogens with zero attached hydrogens (tertiary/aromatic N) is 3. The number of thiazole rings is 1. The zero-order valence-corrected chi connectivity index (χ0v) is 15.8. The number of rotatable bonds is 5. The molecule has 0 fully saturated rings. The van der Waals surface area contributed by atoms with Crippen molar-refractivity contribution in [3.8, 4) is 40.1 Å². The lowest BCUT2D eigenvalue weighted by atomic mass is 10.1. The molecule has 4 aromatic rings. The van der Waals surface area contributed by atoms with Gasteiger partial charge in [-0.25, -0.2) is 4.98 Å². The van der Waals surface area contributed by atoms with Crippen LogP contribution in [0.15, 0.2) is 53.9 Å². The lowest BCUT2D eigenvalue weighted by Gasteiger charge is -2.08. The highest BCUT2D eigenvalue weighted by Gasteiger charge is 2.20. The molecule has 0 aliphatic rings. The predicted molar refractivity (Wildman–Crippen MR) is 106 cm³/mol. The van der Waals surface area contributed by atoms with Crippen LogP contribution in [0, 0.1) is 11.3 Å². The molecule has 0 spiro atoms. The topological polar surface area (TPSA) is 59.5 Å². The van der Waals surface area contributed by atoms with Crippen molar-refractivity contribution in [3.63, 3.8) is 0 Å². The molecule has 0 aliphatic heterocycles. The number of methoxy groups -OCH3 is 2. The second kappa shape index (κ2) is 7.14. The summed E-state index contributed by atoms with van der Waals surface area (Å²) in [5, 5.41) is 11.5. The van der Waals surface area contributed by atoms with Gasteiger partial charge in [-0.2, -0.15) is 5.26 Å². The number of imidazole rings is 1. The number of hydrogen-bond acceptors (Lipinski definition) is 5. The Hall–Kier alpha value is -3.30. The molecule has 0 saturated heterocycles. The minimum atomic E-state index is 0.258. The van der Waals surface area contributed by atoms with Crippen LogP contribution in [0.3, 0.4) is 0 Å². The molecule has 0 saturated carbocycles. The number of hydrogen-bond donors (Lipinski definition) is 0. The zero-order chi connectivity index (χ0) is 18.8. The second-order valence-corrected chi connectivity index (χ2v) is 6.75. The number of nitriles is 1. The molecule has 0 radical (unpaired) electrons. The molecule has 0 amide bonds. The molecule has 0 bridgehead atoms. The Morgan fingerprint density at radius 3 is 2.56 bits per heavy atom. The van der Waals surface area contributed by atoms with Crippen LogP contribution in [0.4, 0.5) is 0 Å². The fourth-order valence-corrected chi connectivity index (χ4v) is 4.09. The highest BCUT2D eigenvalue weighted by Crippen LogP contribution is 2.36. The first kappa shape index (κ1) is 17.1. The number of aromatic nitrogens is 2. The van der Waals surface area contributed by atoms with Gasteiger partial charge in [0.05, 0.1) is 43.8 Å².